The lowest BCUT2D eigenvalue weighted by Gasteiger charge is -2.04. The van der Waals surface area contributed by atoms with Crippen LogP contribution >= 0.6 is 27.7 Å². The van der Waals surface area contributed by atoms with E-state index in [1.54, 1.807) is 0 Å². The Morgan fingerprint density at radius 1 is 1.22 bits per heavy atom. The highest BCUT2D eigenvalue weighted by atomic mass is 79.9. The van der Waals surface area contributed by atoms with E-state index in [0.29, 0.717) is 12.3 Å². The summed E-state index contributed by atoms with van der Waals surface area (Å²) in [6.07, 6.45) is 4.70. The van der Waals surface area contributed by atoms with Gasteiger partial charge in [-0.3, -0.25) is 4.79 Å². The Kier molecular flexibility index (Phi) is 5.35. The summed E-state index contributed by atoms with van der Waals surface area (Å²) in [4.78, 5) is 17.5. The average Bonchev–Trinajstić information content (AvgIpc) is 2.97. The molecule has 0 aliphatic rings. The van der Waals surface area contributed by atoms with Crippen molar-refractivity contribution in [2.24, 2.45) is 0 Å². The van der Waals surface area contributed by atoms with E-state index in [4.69, 9.17) is 0 Å². The molecule has 2 aromatic heterocycles. The number of thioether (sulfide) groups is 1. The van der Waals surface area contributed by atoms with Crippen LogP contribution in [0.25, 0.3) is 5.65 Å². The summed E-state index contributed by atoms with van der Waals surface area (Å²) in [6.45, 7) is 0.601. The molecule has 0 spiro atoms. The summed E-state index contributed by atoms with van der Waals surface area (Å²) >= 11 is 4.93. The summed E-state index contributed by atoms with van der Waals surface area (Å²) in [5.74, 6) is 0.467. The average molecular weight is 390 g/mol. The van der Waals surface area contributed by atoms with E-state index in [0.717, 1.165) is 27.1 Å². The van der Waals surface area contributed by atoms with Crippen molar-refractivity contribution >= 4 is 39.2 Å². The van der Waals surface area contributed by atoms with Gasteiger partial charge in [0, 0.05) is 34.7 Å². The van der Waals surface area contributed by atoms with Gasteiger partial charge in [-0.1, -0.05) is 22.0 Å². The first-order chi connectivity index (χ1) is 11.2. The number of nitrogens with zero attached hydrogens (tertiary/aromatic N) is 2. The second kappa shape index (κ2) is 7.66. The number of aromatic nitrogens is 2. The number of hydrogen-bond donors (Lipinski definition) is 1. The van der Waals surface area contributed by atoms with Crippen LogP contribution in [0.15, 0.2) is 64.2 Å². The van der Waals surface area contributed by atoms with Crippen molar-refractivity contribution in [2.45, 2.75) is 11.3 Å². The number of hydrogen-bond acceptors (Lipinski definition) is 3. The molecule has 1 amide bonds. The van der Waals surface area contributed by atoms with Gasteiger partial charge in [0.15, 0.2) is 0 Å². The number of benzene rings is 1. The zero-order valence-electron chi connectivity index (χ0n) is 12.4. The molecule has 1 N–H and O–H groups in total. The molecule has 0 atom stereocenters. The van der Waals surface area contributed by atoms with Crippen molar-refractivity contribution in [2.75, 3.05) is 12.3 Å². The summed E-state index contributed by atoms with van der Waals surface area (Å²) in [5.41, 5.74) is 1.91. The van der Waals surface area contributed by atoms with Crippen molar-refractivity contribution in [1.82, 2.24) is 14.7 Å². The van der Waals surface area contributed by atoms with E-state index in [-0.39, 0.29) is 5.91 Å². The third kappa shape index (κ3) is 4.59. The monoisotopic (exact) mass is 389 g/mol. The fourth-order valence-electron chi connectivity index (χ4n) is 2.17. The fraction of sp³-hybridized carbons (Fsp3) is 0.176. The predicted molar refractivity (Wildman–Crippen MR) is 96.8 cm³/mol. The lowest BCUT2D eigenvalue weighted by atomic mass is 10.3. The van der Waals surface area contributed by atoms with Gasteiger partial charge in [-0.05, 0) is 36.4 Å². The Balaban J connectivity index is 1.43. The summed E-state index contributed by atoms with van der Waals surface area (Å²) in [6, 6.07) is 13.9. The number of pyridine rings is 1. The van der Waals surface area contributed by atoms with E-state index in [9.17, 15) is 4.79 Å². The quantitative estimate of drug-likeness (QED) is 0.655. The SMILES string of the molecule is O=C(CSc1ccc(Br)cc1)NCCc1cn2ccccc2n1. The Hall–Kier alpha value is -1.79. The van der Waals surface area contributed by atoms with Gasteiger partial charge in [0.1, 0.15) is 5.65 Å². The number of rotatable bonds is 6. The zero-order chi connectivity index (χ0) is 16.1. The van der Waals surface area contributed by atoms with Gasteiger partial charge in [0.2, 0.25) is 5.91 Å². The molecule has 0 saturated carbocycles. The molecule has 3 aromatic rings. The molecule has 3 rings (SSSR count). The number of nitrogens with one attached hydrogen (secondary N) is 1. The lowest BCUT2D eigenvalue weighted by Crippen LogP contribution is -2.27. The maximum absolute atomic E-state index is 11.9. The molecule has 4 nitrogen and oxygen atoms in total. The number of amides is 1. The highest BCUT2D eigenvalue weighted by Crippen LogP contribution is 2.20. The molecule has 0 aliphatic heterocycles. The molecule has 0 saturated heterocycles. The number of carbonyl (C=O) groups is 1. The highest BCUT2D eigenvalue weighted by molar-refractivity contribution is 9.10. The van der Waals surface area contributed by atoms with E-state index in [2.05, 4.69) is 26.2 Å². The molecule has 118 valence electrons. The second-order valence-corrected chi connectivity index (χ2v) is 7.01. The summed E-state index contributed by atoms with van der Waals surface area (Å²) in [7, 11) is 0. The van der Waals surface area contributed by atoms with Crippen LogP contribution in [0, 0.1) is 0 Å². The first kappa shape index (κ1) is 16.1. The summed E-state index contributed by atoms with van der Waals surface area (Å²) in [5, 5.41) is 2.94. The second-order valence-electron chi connectivity index (χ2n) is 5.04. The van der Waals surface area contributed by atoms with Crippen LogP contribution < -0.4 is 5.32 Å². The van der Waals surface area contributed by atoms with Crippen molar-refractivity contribution in [1.29, 1.82) is 0 Å². The molecule has 1 aromatic carbocycles. The first-order valence-corrected chi connectivity index (χ1v) is 9.06. The number of carbonyl (C=O) groups excluding carboxylic acids is 1. The minimum atomic E-state index is 0.0432. The van der Waals surface area contributed by atoms with Crippen molar-refractivity contribution < 1.29 is 4.79 Å². The van der Waals surface area contributed by atoms with Crippen molar-refractivity contribution in [3.8, 4) is 0 Å². The minimum absolute atomic E-state index is 0.0432. The van der Waals surface area contributed by atoms with E-state index >= 15 is 0 Å². The van der Waals surface area contributed by atoms with Gasteiger partial charge in [0.25, 0.3) is 0 Å². The maximum atomic E-state index is 11.9. The maximum Gasteiger partial charge on any atom is 0.230 e. The van der Waals surface area contributed by atoms with Crippen LogP contribution in [0.4, 0.5) is 0 Å². The first-order valence-electron chi connectivity index (χ1n) is 7.28. The Morgan fingerprint density at radius 2 is 2.04 bits per heavy atom. The molecular weight excluding hydrogens is 374 g/mol. The van der Waals surface area contributed by atoms with Gasteiger partial charge in [-0.15, -0.1) is 11.8 Å². The van der Waals surface area contributed by atoms with E-state index in [1.807, 2.05) is 59.3 Å². The van der Waals surface area contributed by atoms with Crippen LogP contribution in [0.2, 0.25) is 0 Å². The standard InChI is InChI=1S/C17H16BrN3OS/c18-13-4-6-15(7-5-13)23-12-17(22)19-9-8-14-11-21-10-2-1-3-16(21)20-14/h1-7,10-11H,8-9,12H2,(H,19,22). The highest BCUT2D eigenvalue weighted by Gasteiger charge is 2.04. The number of imidazole rings is 1. The minimum Gasteiger partial charge on any atom is -0.355 e. The van der Waals surface area contributed by atoms with E-state index < -0.39 is 0 Å². The zero-order valence-corrected chi connectivity index (χ0v) is 14.8. The fourth-order valence-corrected chi connectivity index (χ4v) is 3.16. The largest absolute Gasteiger partial charge is 0.355 e. The number of fused-ring (bicyclic) bond motifs is 1. The topological polar surface area (TPSA) is 46.4 Å². The Morgan fingerprint density at radius 3 is 2.83 bits per heavy atom. The molecule has 2 heterocycles. The van der Waals surface area contributed by atoms with Gasteiger partial charge in [0.05, 0.1) is 11.4 Å². The van der Waals surface area contributed by atoms with Crippen molar-refractivity contribution in [3.05, 3.63) is 65.0 Å². The molecule has 0 fully saturated rings. The molecule has 23 heavy (non-hydrogen) atoms. The molecule has 0 aliphatic carbocycles. The van der Waals surface area contributed by atoms with Crippen LogP contribution in [-0.4, -0.2) is 27.6 Å². The number of halogens is 1. The van der Waals surface area contributed by atoms with Crippen molar-refractivity contribution in [3.63, 3.8) is 0 Å². The van der Waals surface area contributed by atoms with E-state index in [1.165, 1.54) is 11.8 Å². The van der Waals surface area contributed by atoms with Gasteiger partial charge in [-0.25, -0.2) is 4.98 Å². The predicted octanol–water partition coefficient (Wildman–Crippen LogP) is 3.55. The van der Waals surface area contributed by atoms with Crippen LogP contribution in [0.3, 0.4) is 0 Å². The van der Waals surface area contributed by atoms with Gasteiger partial charge < -0.3 is 9.72 Å². The van der Waals surface area contributed by atoms with Crippen LogP contribution in [0.1, 0.15) is 5.69 Å². The normalized spacial score (nSPS) is 10.8. The lowest BCUT2D eigenvalue weighted by molar-refractivity contribution is -0.118. The molecule has 0 unspecified atom stereocenters. The summed E-state index contributed by atoms with van der Waals surface area (Å²) < 4.78 is 3.03. The van der Waals surface area contributed by atoms with Gasteiger partial charge in [-0.2, -0.15) is 0 Å². The van der Waals surface area contributed by atoms with Crippen LogP contribution in [-0.2, 0) is 11.2 Å². The molecule has 0 radical (unpaired) electrons. The molecule has 6 heteroatoms. The van der Waals surface area contributed by atoms with Crippen LogP contribution in [0.5, 0.6) is 0 Å². The third-order valence-corrected chi connectivity index (χ3v) is 4.84. The Bertz CT molecular complexity index is 768. The third-order valence-electron chi connectivity index (χ3n) is 3.30. The smallest absolute Gasteiger partial charge is 0.230 e. The molecular formula is C17H16BrN3OS. The Labute approximate surface area is 147 Å². The van der Waals surface area contributed by atoms with Gasteiger partial charge >= 0.3 is 0 Å². The molecule has 0 bridgehead atoms.